The zero-order valence-corrected chi connectivity index (χ0v) is 19.7. The quantitative estimate of drug-likeness (QED) is 0.368. The fourth-order valence-corrected chi connectivity index (χ4v) is 5.66. The van der Waals surface area contributed by atoms with Crippen molar-refractivity contribution < 1.29 is 24.5 Å². The van der Waals surface area contributed by atoms with E-state index in [1.807, 2.05) is 41.3 Å². The maximum absolute atomic E-state index is 12.4. The maximum Gasteiger partial charge on any atom is 0.325 e. The Kier molecular flexibility index (Phi) is 5.99. The molecule has 4 aromatic rings. The second-order valence-electron chi connectivity index (χ2n) is 8.20. The molecule has 0 saturated heterocycles. The number of carbonyl (C=O) groups is 1. The number of hydrogen-bond acceptors (Lipinski definition) is 7. The molecule has 1 aliphatic rings. The standard InChI is InChI=1S/C25H25N3O5S/c1-32-20-6-4-15(10-21(20)33-2)24-27-18-7-8-28(12-22(18)34-24)23(25(30)31)17-11-26-19-9-14(13-29)3-5-16(17)19/h3-6,9-11,23,26,29H,7-8,12-13H2,1-2H3,(H,30,31)/t23-/m1/s1. The highest BCUT2D eigenvalue weighted by Gasteiger charge is 2.33. The number of H-pyrrole nitrogens is 1. The molecule has 8 nitrogen and oxygen atoms in total. The van der Waals surface area contributed by atoms with E-state index in [9.17, 15) is 15.0 Å². The van der Waals surface area contributed by atoms with Gasteiger partial charge >= 0.3 is 5.97 Å². The van der Waals surface area contributed by atoms with Crippen molar-refractivity contribution in [2.45, 2.75) is 25.6 Å². The average molecular weight is 480 g/mol. The molecule has 5 rings (SSSR count). The van der Waals surface area contributed by atoms with Crippen LogP contribution in [0.1, 0.15) is 27.7 Å². The molecule has 2 aromatic carbocycles. The third kappa shape index (κ3) is 3.91. The summed E-state index contributed by atoms with van der Waals surface area (Å²) < 4.78 is 10.8. The van der Waals surface area contributed by atoms with Crippen LogP contribution in [-0.4, -0.2) is 51.8 Å². The van der Waals surface area contributed by atoms with Crippen molar-refractivity contribution in [2.75, 3.05) is 20.8 Å². The van der Waals surface area contributed by atoms with E-state index < -0.39 is 12.0 Å². The number of fused-ring (bicyclic) bond motifs is 2. The number of thiazole rings is 1. The molecule has 1 atom stereocenters. The normalized spacial score (nSPS) is 14.7. The summed E-state index contributed by atoms with van der Waals surface area (Å²) in [6, 6.07) is 10.5. The van der Waals surface area contributed by atoms with Gasteiger partial charge in [-0.3, -0.25) is 9.69 Å². The van der Waals surface area contributed by atoms with E-state index >= 15 is 0 Å². The Balaban J connectivity index is 1.45. The fraction of sp³-hybridized carbons (Fsp3) is 0.280. The number of rotatable bonds is 7. The molecule has 0 radical (unpaired) electrons. The summed E-state index contributed by atoms with van der Waals surface area (Å²) in [5, 5.41) is 21.3. The number of nitrogens with zero attached hydrogens (tertiary/aromatic N) is 2. The number of hydrogen-bond donors (Lipinski definition) is 3. The summed E-state index contributed by atoms with van der Waals surface area (Å²) in [5.41, 5.74) is 4.28. The largest absolute Gasteiger partial charge is 0.493 e. The lowest BCUT2D eigenvalue weighted by Gasteiger charge is -2.31. The molecule has 1 aliphatic heterocycles. The molecule has 34 heavy (non-hydrogen) atoms. The molecule has 176 valence electrons. The van der Waals surface area contributed by atoms with Gasteiger partial charge in [0.15, 0.2) is 11.5 Å². The molecule has 2 aromatic heterocycles. The first-order valence-electron chi connectivity index (χ1n) is 10.9. The van der Waals surface area contributed by atoms with Gasteiger partial charge in [0.2, 0.25) is 0 Å². The first-order chi connectivity index (χ1) is 16.5. The number of benzene rings is 2. The predicted molar refractivity (Wildman–Crippen MR) is 129 cm³/mol. The molecule has 0 unspecified atom stereocenters. The highest BCUT2D eigenvalue weighted by atomic mass is 32.1. The lowest BCUT2D eigenvalue weighted by Crippen LogP contribution is -2.37. The Morgan fingerprint density at radius 2 is 2.03 bits per heavy atom. The van der Waals surface area contributed by atoms with Crippen LogP contribution < -0.4 is 9.47 Å². The van der Waals surface area contributed by atoms with Gasteiger partial charge in [-0.2, -0.15) is 0 Å². The minimum absolute atomic E-state index is 0.0602. The van der Waals surface area contributed by atoms with E-state index in [2.05, 4.69) is 4.98 Å². The molecule has 3 N–H and O–H groups in total. The number of nitrogens with one attached hydrogen (secondary N) is 1. The number of aliphatic hydroxyl groups is 1. The van der Waals surface area contributed by atoms with Crippen molar-refractivity contribution in [1.82, 2.24) is 14.9 Å². The first kappa shape index (κ1) is 22.4. The smallest absolute Gasteiger partial charge is 0.325 e. The van der Waals surface area contributed by atoms with Crippen molar-refractivity contribution in [3.8, 4) is 22.1 Å². The topological polar surface area (TPSA) is 108 Å². The summed E-state index contributed by atoms with van der Waals surface area (Å²) in [6.45, 7) is 1.05. The highest BCUT2D eigenvalue weighted by Crippen LogP contribution is 2.38. The number of aromatic nitrogens is 2. The Bertz CT molecular complexity index is 1360. The van der Waals surface area contributed by atoms with Gasteiger partial charge in [-0.25, -0.2) is 4.98 Å². The second-order valence-corrected chi connectivity index (χ2v) is 9.29. The molecule has 0 amide bonds. The van der Waals surface area contributed by atoms with Gasteiger partial charge < -0.3 is 24.7 Å². The predicted octanol–water partition coefficient (Wildman–Crippen LogP) is 3.98. The van der Waals surface area contributed by atoms with Gasteiger partial charge in [0.05, 0.1) is 26.5 Å². The summed E-state index contributed by atoms with van der Waals surface area (Å²) in [6.07, 6.45) is 2.45. The van der Waals surface area contributed by atoms with Crippen molar-refractivity contribution in [3.05, 3.63) is 64.3 Å². The highest BCUT2D eigenvalue weighted by molar-refractivity contribution is 7.15. The van der Waals surface area contributed by atoms with Crippen LogP contribution in [0.4, 0.5) is 0 Å². The lowest BCUT2D eigenvalue weighted by atomic mass is 10.0. The number of aliphatic hydroxyl groups excluding tert-OH is 1. The van der Waals surface area contributed by atoms with Crippen molar-refractivity contribution in [1.29, 1.82) is 0 Å². The Morgan fingerprint density at radius 1 is 1.21 bits per heavy atom. The van der Waals surface area contributed by atoms with Crippen LogP contribution in [0.15, 0.2) is 42.6 Å². The zero-order chi connectivity index (χ0) is 23.8. The van der Waals surface area contributed by atoms with Gasteiger partial charge in [-0.05, 0) is 29.8 Å². The third-order valence-corrected chi connectivity index (χ3v) is 7.38. The molecular weight excluding hydrogens is 454 g/mol. The number of carboxylic acid groups (broad SMARTS) is 1. The second kappa shape index (κ2) is 9.09. The van der Waals surface area contributed by atoms with Crippen LogP contribution in [0.5, 0.6) is 11.5 Å². The zero-order valence-electron chi connectivity index (χ0n) is 18.9. The minimum atomic E-state index is -0.889. The van der Waals surface area contributed by atoms with Gasteiger partial charge in [0, 0.05) is 52.6 Å². The third-order valence-electron chi connectivity index (χ3n) is 6.25. The number of aliphatic carboxylic acids is 1. The van der Waals surface area contributed by atoms with Crippen molar-refractivity contribution in [2.24, 2.45) is 0 Å². The van der Waals surface area contributed by atoms with E-state index in [0.717, 1.165) is 43.2 Å². The van der Waals surface area contributed by atoms with Crippen molar-refractivity contribution in [3.63, 3.8) is 0 Å². The molecule has 9 heteroatoms. The number of ether oxygens (including phenoxy) is 2. The van der Waals surface area contributed by atoms with Gasteiger partial charge in [-0.1, -0.05) is 12.1 Å². The van der Waals surface area contributed by atoms with Crippen molar-refractivity contribution >= 4 is 28.2 Å². The number of aromatic amines is 1. The molecular formula is C25H25N3O5S. The summed E-state index contributed by atoms with van der Waals surface area (Å²) in [5.74, 6) is 0.414. The van der Waals surface area contributed by atoms with E-state index in [4.69, 9.17) is 14.5 Å². The van der Waals surface area contributed by atoms with E-state index in [-0.39, 0.29) is 6.61 Å². The molecule has 0 aliphatic carbocycles. The summed E-state index contributed by atoms with van der Waals surface area (Å²) in [4.78, 5) is 23.5. The van der Waals surface area contributed by atoms with E-state index in [0.29, 0.717) is 31.0 Å². The first-order valence-corrected chi connectivity index (χ1v) is 11.7. The van der Waals surface area contributed by atoms with Gasteiger partial charge in [0.25, 0.3) is 0 Å². The number of methoxy groups -OCH3 is 2. The van der Waals surface area contributed by atoms with Crippen LogP contribution in [0, 0.1) is 0 Å². The lowest BCUT2D eigenvalue weighted by molar-refractivity contribution is -0.144. The van der Waals surface area contributed by atoms with Crippen LogP contribution in [0.2, 0.25) is 0 Å². The molecule has 0 spiro atoms. The Labute approximate surface area is 200 Å². The SMILES string of the molecule is COc1ccc(-c2nc3c(s2)CN([C@@H](C(=O)O)c2c[nH]c4cc(CO)ccc24)CC3)cc1OC. The van der Waals surface area contributed by atoms with Gasteiger partial charge in [0.1, 0.15) is 11.0 Å². The van der Waals surface area contributed by atoms with E-state index in [1.54, 1.807) is 31.8 Å². The molecule has 3 heterocycles. The monoisotopic (exact) mass is 479 g/mol. The molecule has 0 fully saturated rings. The van der Waals surface area contributed by atoms with Crippen LogP contribution in [-0.2, 0) is 24.4 Å². The summed E-state index contributed by atoms with van der Waals surface area (Å²) in [7, 11) is 3.21. The fourth-order valence-electron chi connectivity index (χ4n) is 4.53. The average Bonchev–Trinajstić information content (AvgIpc) is 3.47. The Morgan fingerprint density at radius 3 is 2.76 bits per heavy atom. The van der Waals surface area contributed by atoms with Crippen LogP contribution in [0.25, 0.3) is 21.5 Å². The molecule has 0 saturated carbocycles. The van der Waals surface area contributed by atoms with E-state index in [1.165, 1.54) is 0 Å². The van der Waals surface area contributed by atoms with Crippen LogP contribution in [0.3, 0.4) is 0 Å². The van der Waals surface area contributed by atoms with Crippen LogP contribution >= 0.6 is 11.3 Å². The summed E-state index contributed by atoms with van der Waals surface area (Å²) >= 11 is 1.58. The van der Waals surface area contributed by atoms with Gasteiger partial charge in [-0.15, -0.1) is 11.3 Å². The Hall–Kier alpha value is -3.40. The minimum Gasteiger partial charge on any atom is -0.493 e. The number of carboxylic acids is 1. The maximum atomic E-state index is 12.4. The molecule has 0 bridgehead atoms.